The molecule has 0 aromatic carbocycles. The molecule has 4 N–H and O–H groups in total. The summed E-state index contributed by atoms with van der Waals surface area (Å²) in [5.41, 5.74) is 7.40. The summed E-state index contributed by atoms with van der Waals surface area (Å²) in [6, 6.07) is -0.0141. The van der Waals surface area contributed by atoms with Crippen molar-refractivity contribution in [3.05, 3.63) is 17.5 Å². The maximum Gasteiger partial charge on any atom is 0.239 e. The Labute approximate surface area is 111 Å². The molecule has 2 amide bonds. The highest BCUT2D eigenvalue weighted by molar-refractivity contribution is 5.85. The van der Waals surface area contributed by atoms with Gasteiger partial charge in [0.2, 0.25) is 11.8 Å². The van der Waals surface area contributed by atoms with E-state index in [1.807, 2.05) is 11.7 Å². The fraction of sp³-hybridized carbons (Fsp3) is 0.583. The zero-order valence-electron chi connectivity index (χ0n) is 11.0. The van der Waals surface area contributed by atoms with Gasteiger partial charge in [0.15, 0.2) is 0 Å². The Kier molecular flexibility index (Phi) is 4.16. The Morgan fingerprint density at radius 1 is 1.53 bits per heavy atom. The van der Waals surface area contributed by atoms with Gasteiger partial charge in [-0.2, -0.15) is 5.10 Å². The number of carbonyl (C=O) groups excluding carboxylic acids is 2. The quantitative estimate of drug-likeness (QED) is 0.649. The molecule has 7 heteroatoms. The Morgan fingerprint density at radius 2 is 2.32 bits per heavy atom. The molecule has 104 valence electrons. The second-order valence-electron chi connectivity index (χ2n) is 4.66. The van der Waals surface area contributed by atoms with E-state index in [1.165, 1.54) is 5.69 Å². The van der Waals surface area contributed by atoms with Crippen LogP contribution >= 0.6 is 0 Å². The molecule has 1 aliphatic rings. The van der Waals surface area contributed by atoms with Gasteiger partial charge in [-0.05, 0) is 19.3 Å². The van der Waals surface area contributed by atoms with E-state index in [9.17, 15) is 9.59 Å². The van der Waals surface area contributed by atoms with Gasteiger partial charge >= 0.3 is 0 Å². The van der Waals surface area contributed by atoms with Crippen LogP contribution in [0.1, 0.15) is 30.1 Å². The molecular weight excluding hydrogens is 246 g/mol. The van der Waals surface area contributed by atoms with E-state index in [1.54, 1.807) is 6.20 Å². The molecule has 0 saturated carbocycles. The highest BCUT2D eigenvalue weighted by Crippen LogP contribution is 2.28. The summed E-state index contributed by atoms with van der Waals surface area (Å²) >= 11 is 0. The van der Waals surface area contributed by atoms with Crippen molar-refractivity contribution in [1.82, 2.24) is 20.4 Å². The Morgan fingerprint density at radius 3 is 3.05 bits per heavy atom. The lowest BCUT2D eigenvalue weighted by Crippen LogP contribution is -2.41. The molecule has 1 unspecified atom stereocenters. The molecule has 1 aromatic heterocycles. The number of aromatic nitrogens is 2. The molecule has 1 aromatic rings. The SMILES string of the molecule is Cn1ncc2c1CCCC2NC(=O)CNC(=O)CN. The van der Waals surface area contributed by atoms with Gasteiger partial charge in [-0.25, -0.2) is 0 Å². The molecule has 2 rings (SSSR count). The Balaban J connectivity index is 1.93. The van der Waals surface area contributed by atoms with Gasteiger partial charge in [0.1, 0.15) is 0 Å². The van der Waals surface area contributed by atoms with E-state index in [-0.39, 0.29) is 30.9 Å². The van der Waals surface area contributed by atoms with E-state index in [2.05, 4.69) is 15.7 Å². The molecule has 0 fully saturated rings. The van der Waals surface area contributed by atoms with Crippen LogP contribution in [0.5, 0.6) is 0 Å². The summed E-state index contributed by atoms with van der Waals surface area (Å²) in [7, 11) is 1.91. The molecule has 19 heavy (non-hydrogen) atoms. The third-order valence-electron chi connectivity index (χ3n) is 3.34. The number of fused-ring (bicyclic) bond motifs is 1. The fourth-order valence-electron chi connectivity index (χ4n) is 2.35. The Bertz CT molecular complexity index is 482. The predicted molar refractivity (Wildman–Crippen MR) is 69.1 cm³/mol. The van der Waals surface area contributed by atoms with Crippen LogP contribution in [0.15, 0.2) is 6.20 Å². The summed E-state index contributed by atoms with van der Waals surface area (Å²) < 4.78 is 1.85. The minimum atomic E-state index is -0.333. The normalized spacial score (nSPS) is 17.7. The summed E-state index contributed by atoms with van der Waals surface area (Å²) in [4.78, 5) is 22.7. The molecule has 1 aliphatic carbocycles. The first-order chi connectivity index (χ1) is 9.11. The van der Waals surface area contributed by atoms with Gasteiger partial charge in [0.25, 0.3) is 0 Å². The van der Waals surface area contributed by atoms with E-state index in [0.717, 1.165) is 24.8 Å². The highest BCUT2D eigenvalue weighted by Gasteiger charge is 2.24. The first-order valence-corrected chi connectivity index (χ1v) is 6.38. The van der Waals surface area contributed by atoms with Crippen molar-refractivity contribution in [2.75, 3.05) is 13.1 Å². The van der Waals surface area contributed by atoms with E-state index in [4.69, 9.17) is 5.73 Å². The van der Waals surface area contributed by atoms with Gasteiger partial charge in [0.05, 0.1) is 25.3 Å². The first-order valence-electron chi connectivity index (χ1n) is 6.38. The van der Waals surface area contributed by atoms with Crippen molar-refractivity contribution < 1.29 is 9.59 Å². The third kappa shape index (κ3) is 3.11. The van der Waals surface area contributed by atoms with Crippen LogP contribution in [0.3, 0.4) is 0 Å². The molecule has 0 radical (unpaired) electrons. The summed E-state index contributed by atoms with van der Waals surface area (Å²) in [6.45, 7) is -0.147. The topological polar surface area (TPSA) is 102 Å². The van der Waals surface area contributed by atoms with Crippen LogP contribution < -0.4 is 16.4 Å². The average Bonchev–Trinajstić information content (AvgIpc) is 2.79. The number of nitrogens with two attached hydrogens (primary N) is 1. The number of amides is 2. The van der Waals surface area contributed by atoms with Crippen molar-refractivity contribution in [3.63, 3.8) is 0 Å². The molecular formula is C12H19N5O2. The lowest BCUT2D eigenvalue weighted by Gasteiger charge is -2.23. The summed E-state index contributed by atoms with van der Waals surface area (Å²) in [6.07, 6.45) is 4.71. The highest BCUT2D eigenvalue weighted by atomic mass is 16.2. The molecule has 0 spiro atoms. The zero-order valence-corrected chi connectivity index (χ0v) is 11.0. The van der Waals surface area contributed by atoms with Gasteiger partial charge in [-0.15, -0.1) is 0 Å². The number of nitrogens with one attached hydrogen (secondary N) is 2. The van der Waals surface area contributed by atoms with Crippen LogP contribution in [0.2, 0.25) is 0 Å². The molecule has 1 atom stereocenters. The largest absolute Gasteiger partial charge is 0.348 e. The molecule has 1 heterocycles. The summed E-state index contributed by atoms with van der Waals surface area (Å²) in [5.74, 6) is -0.538. The van der Waals surface area contributed by atoms with Crippen molar-refractivity contribution in [1.29, 1.82) is 0 Å². The van der Waals surface area contributed by atoms with Crippen molar-refractivity contribution >= 4 is 11.8 Å². The van der Waals surface area contributed by atoms with Gasteiger partial charge in [-0.1, -0.05) is 0 Å². The van der Waals surface area contributed by atoms with Crippen LogP contribution in [-0.2, 0) is 23.1 Å². The minimum Gasteiger partial charge on any atom is -0.348 e. The van der Waals surface area contributed by atoms with Gasteiger partial charge in [-0.3, -0.25) is 14.3 Å². The maximum atomic E-state index is 11.8. The molecule has 0 saturated heterocycles. The second kappa shape index (κ2) is 5.83. The van der Waals surface area contributed by atoms with Crippen LogP contribution in [0.25, 0.3) is 0 Å². The van der Waals surface area contributed by atoms with E-state index in [0.29, 0.717) is 0 Å². The van der Waals surface area contributed by atoms with E-state index >= 15 is 0 Å². The van der Waals surface area contributed by atoms with Crippen LogP contribution in [0, 0.1) is 0 Å². The third-order valence-corrected chi connectivity index (χ3v) is 3.34. The van der Waals surface area contributed by atoms with Crippen molar-refractivity contribution in [2.45, 2.75) is 25.3 Å². The first kappa shape index (κ1) is 13.5. The van der Waals surface area contributed by atoms with Crippen LogP contribution in [-0.4, -0.2) is 34.7 Å². The van der Waals surface area contributed by atoms with Crippen LogP contribution in [0.4, 0.5) is 0 Å². The van der Waals surface area contributed by atoms with Crippen molar-refractivity contribution in [2.24, 2.45) is 12.8 Å². The maximum absolute atomic E-state index is 11.8. The lowest BCUT2D eigenvalue weighted by atomic mass is 9.93. The molecule has 0 bridgehead atoms. The monoisotopic (exact) mass is 265 g/mol. The standard InChI is InChI=1S/C12H19N5O2/c1-17-10-4-2-3-9(8(10)6-15-17)16-12(19)7-14-11(18)5-13/h6,9H,2-5,7,13H2,1H3,(H,14,18)(H,16,19). The Hall–Kier alpha value is -1.89. The number of nitrogens with zero attached hydrogens (tertiary/aromatic N) is 2. The lowest BCUT2D eigenvalue weighted by molar-refractivity contribution is -0.125. The zero-order chi connectivity index (χ0) is 13.8. The number of hydrogen-bond donors (Lipinski definition) is 3. The summed E-state index contributed by atoms with van der Waals surface area (Å²) in [5, 5.41) is 9.60. The minimum absolute atomic E-state index is 0.0141. The predicted octanol–water partition coefficient (Wildman–Crippen LogP) is -1.01. The van der Waals surface area contributed by atoms with E-state index < -0.39 is 0 Å². The molecule has 7 nitrogen and oxygen atoms in total. The number of aryl methyl sites for hydroxylation is 1. The van der Waals surface area contributed by atoms with Gasteiger partial charge < -0.3 is 16.4 Å². The molecule has 0 aliphatic heterocycles. The van der Waals surface area contributed by atoms with Crippen molar-refractivity contribution in [3.8, 4) is 0 Å². The number of carbonyl (C=O) groups is 2. The second-order valence-corrected chi connectivity index (χ2v) is 4.66. The van der Waals surface area contributed by atoms with Gasteiger partial charge in [0, 0.05) is 18.3 Å². The smallest absolute Gasteiger partial charge is 0.239 e. The average molecular weight is 265 g/mol. The fourth-order valence-corrected chi connectivity index (χ4v) is 2.35. The number of hydrogen-bond acceptors (Lipinski definition) is 4. The number of rotatable bonds is 4.